The zero-order valence-electron chi connectivity index (χ0n) is 14.7. The minimum atomic E-state index is 0.0246. The fraction of sp³-hybridized carbons (Fsp3) is 0.556. The largest absolute Gasteiger partial charge is 0.494 e. The molecule has 0 saturated carbocycles. The van der Waals surface area contributed by atoms with Crippen molar-refractivity contribution < 1.29 is 14.3 Å². The summed E-state index contributed by atoms with van der Waals surface area (Å²) in [7, 11) is 3.51. The van der Waals surface area contributed by atoms with Crippen LogP contribution in [0.25, 0.3) is 0 Å². The van der Waals surface area contributed by atoms with Gasteiger partial charge in [0.25, 0.3) is 0 Å². The molecule has 1 saturated heterocycles. The van der Waals surface area contributed by atoms with Gasteiger partial charge < -0.3 is 19.9 Å². The third-order valence-corrected chi connectivity index (χ3v) is 4.11. The van der Waals surface area contributed by atoms with E-state index in [9.17, 15) is 9.59 Å². The molecule has 1 aliphatic heterocycles. The summed E-state index contributed by atoms with van der Waals surface area (Å²) in [6.45, 7) is 3.95. The van der Waals surface area contributed by atoms with Crippen LogP contribution in [0.3, 0.4) is 0 Å². The van der Waals surface area contributed by atoms with E-state index < -0.39 is 0 Å². The van der Waals surface area contributed by atoms with Crippen LogP contribution < -0.4 is 10.1 Å². The monoisotopic (exact) mass is 333 g/mol. The van der Waals surface area contributed by atoms with Gasteiger partial charge in [-0.25, -0.2) is 4.79 Å². The molecule has 6 heteroatoms. The number of hydrogen-bond donors (Lipinski definition) is 1. The summed E-state index contributed by atoms with van der Waals surface area (Å²) >= 11 is 0. The van der Waals surface area contributed by atoms with Crippen LogP contribution >= 0.6 is 0 Å². The number of piperidine rings is 1. The molecule has 0 aliphatic carbocycles. The summed E-state index contributed by atoms with van der Waals surface area (Å²) in [6, 6.07) is 7.79. The van der Waals surface area contributed by atoms with Gasteiger partial charge in [-0.05, 0) is 37.5 Å². The third kappa shape index (κ3) is 5.15. The highest BCUT2D eigenvalue weighted by molar-refractivity contribution is 5.79. The molecule has 0 atom stereocenters. The molecule has 0 unspecified atom stereocenters. The summed E-state index contributed by atoms with van der Waals surface area (Å²) in [6.07, 6.45) is 1.96. The molecular formula is C18H27N3O3. The Hall–Kier alpha value is -2.24. The zero-order chi connectivity index (χ0) is 17.5. The number of carbonyl (C=O) groups is 2. The van der Waals surface area contributed by atoms with E-state index in [0.29, 0.717) is 26.1 Å². The van der Waals surface area contributed by atoms with Gasteiger partial charge in [-0.3, -0.25) is 4.79 Å². The fourth-order valence-corrected chi connectivity index (χ4v) is 2.83. The number of benzene rings is 1. The highest BCUT2D eigenvalue weighted by atomic mass is 16.5. The van der Waals surface area contributed by atoms with Crippen molar-refractivity contribution >= 4 is 11.9 Å². The first-order valence-corrected chi connectivity index (χ1v) is 8.47. The lowest BCUT2D eigenvalue weighted by atomic mass is 10.0. The number of nitrogens with one attached hydrogen (secondary N) is 1. The number of ether oxygens (including phenoxy) is 1. The second-order valence-electron chi connectivity index (χ2n) is 6.26. The molecule has 0 bridgehead atoms. The number of nitrogens with zero attached hydrogens (tertiary/aromatic N) is 2. The van der Waals surface area contributed by atoms with Crippen molar-refractivity contribution in [2.45, 2.75) is 32.2 Å². The maximum atomic E-state index is 12.2. The number of carbonyl (C=O) groups excluding carboxylic acids is 2. The lowest BCUT2D eigenvalue weighted by Gasteiger charge is -2.33. The smallest absolute Gasteiger partial charge is 0.319 e. The molecule has 2 rings (SSSR count). The van der Waals surface area contributed by atoms with Gasteiger partial charge in [0.2, 0.25) is 5.91 Å². The third-order valence-electron chi connectivity index (χ3n) is 4.11. The van der Waals surface area contributed by atoms with Gasteiger partial charge in [-0.1, -0.05) is 12.1 Å². The Labute approximate surface area is 143 Å². The minimum absolute atomic E-state index is 0.0246. The van der Waals surface area contributed by atoms with Crippen LogP contribution in [0.2, 0.25) is 0 Å². The molecule has 1 aromatic rings. The molecule has 6 nitrogen and oxygen atoms in total. The number of rotatable bonds is 5. The summed E-state index contributed by atoms with van der Waals surface area (Å²) in [5, 5.41) is 3.07. The van der Waals surface area contributed by atoms with Crippen molar-refractivity contribution in [3.8, 4) is 5.75 Å². The molecule has 0 radical (unpaired) electrons. The minimum Gasteiger partial charge on any atom is -0.494 e. The van der Waals surface area contributed by atoms with E-state index in [1.807, 2.05) is 36.1 Å². The Kier molecular flexibility index (Phi) is 6.46. The summed E-state index contributed by atoms with van der Waals surface area (Å²) in [5.41, 5.74) is 0.969. The van der Waals surface area contributed by atoms with Gasteiger partial charge in [-0.15, -0.1) is 0 Å². The van der Waals surface area contributed by atoms with Gasteiger partial charge in [-0.2, -0.15) is 0 Å². The van der Waals surface area contributed by atoms with Crippen LogP contribution in [-0.4, -0.2) is 61.6 Å². The van der Waals surface area contributed by atoms with Gasteiger partial charge in [0, 0.05) is 33.2 Å². The van der Waals surface area contributed by atoms with E-state index in [4.69, 9.17) is 4.74 Å². The molecule has 0 spiro atoms. The van der Waals surface area contributed by atoms with Crippen molar-refractivity contribution in [3.05, 3.63) is 29.8 Å². The first-order valence-electron chi connectivity index (χ1n) is 8.47. The fourth-order valence-electron chi connectivity index (χ4n) is 2.83. The summed E-state index contributed by atoms with van der Waals surface area (Å²) < 4.78 is 5.40. The topological polar surface area (TPSA) is 61.9 Å². The normalized spacial score (nSPS) is 15.0. The van der Waals surface area contributed by atoms with Crippen LogP contribution in [0.15, 0.2) is 24.3 Å². The Morgan fingerprint density at radius 2 is 1.83 bits per heavy atom. The number of hydrogen-bond acceptors (Lipinski definition) is 3. The second-order valence-corrected chi connectivity index (χ2v) is 6.26. The van der Waals surface area contributed by atoms with Crippen molar-refractivity contribution in [2.75, 3.05) is 33.8 Å². The van der Waals surface area contributed by atoms with Crippen molar-refractivity contribution in [2.24, 2.45) is 0 Å². The Morgan fingerprint density at radius 3 is 2.38 bits per heavy atom. The molecule has 1 N–H and O–H groups in total. The standard InChI is InChI=1S/C18H27N3O3/c1-4-24-16-7-5-14(6-8-16)13-17(22)19-15-9-11-21(12-10-15)18(23)20(2)3/h5-8,15H,4,9-13H2,1-3H3,(H,19,22). The quantitative estimate of drug-likeness (QED) is 0.895. The average molecular weight is 333 g/mol. The molecule has 1 aromatic carbocycles. The lowest BCUT2D eigenvalue weighted by molar-refractivity contribution is -0.121. The number of likely N-dealkylation sites (tertiary alicyclic amines) is 1. The van der Waals surface area contributed by atoms with Crippen molar-refractivity contribution in [3.63, 3.8) is 0 Å². The Bertz CT molecular complexity index is 549. The highest BCUT2D eigenvalue weighted by Gasteiger charge is 2.24. The molecule has 1 aliphatic rings. The first-order chi connectivity index (χ1) is 11.5. The van der Waals surface area contributed by atoms with Crippen LogP contribution in [0.1, 0.15) is 25.3 Å². The van der Waals surface area contributed by atoms with E-state index in [2.05, 4.69) is 5.32 Å². The molecule has 1 fully saturated rings. The maximum absolute atomic E-state index is 12.2. The Balaban J connectivity index is 1.76. The van der Waals surface area contributed by atoms with Crippen LogP contribution in [-0.2, 0) is 11.2 Å². The SMILES string of the molecule is CCOc1ccc(CC(=O)NC2CCN(C(=O)N(C)C)CC2)cc1. The predicted molar refractivity (Wildman–Crippen MR) is 93.1 cm³/mol. The van der Waals surface area contributed by atoms with E-state index in [1.54, 1.807) is 19.0 Å². The maximum Gasteiger partial charge on any atom is 0.319 e. The van der Waals surface area contributed by atoms with E-state index in [-0.39, 0.29) is 18.0 Å². The molecule has 1 heterocycles. The lowest BCUT2D eigenvalue weighted by Crippen LogP contribution is -2.49. The first kappa shape index (κ1) is 18.1. The summed E-state index contributed by atoms with van der Waals surface area (Å²) in [5.74, 6) is 0.844. The van der Waals surface area contributed by atoms with E-state index >= 15 is 0 Å². The Morgan fingerprint density at radius 1 is 1.21 bits per heavy atom. The van der Waals surface area contributed by atoms with Crippen molar-refractivity contribution in [1.29, 1.82) is 0 Å². The molecule has 3 amide bonds. The number of amides is 3. The van der Waals surface area contributed by atoms with Gasteiger partial charge >= 0.3 is 6.03 Å². The molecule has 24 heavy (non-hydrogen) atoms. The van der Waals surface area contributed by atoms with Crippen LogP contribution in [0.5, 0.6) is 5.75 Å². The van der Waals surface area contributed by atoms with Gasteiger partial charge in [0.15, 0.2) is 0 Å². The van der Waals surface area contributed by atoms with E-state index in [0.717, 1.165) is 24.2 Å². The zero-order valence-corrected chi connectivity index (χ0v) is 14.7. The van der Waals surface area contributed by atoms with Crippen LogP contribution in [0.4, 0.5) is 4.79 Å². The molecular weight excluding hydrogens is 306 g/mol. The highest BCUT2D eigenvalue weighted by Crippen LogP contribution is 2.14. The average Bonchev–Trinajstić information content (AvgIpc) is 2.57. The molecule has 0 aromatic heterocycles. The second kappa shape index (κ2) is 8.57. The van der Waals surface area contributed by atoms with Gasteiger partial charge in [0.05, 0.1) is 13.0 Å². The van der Waals surface area contributed by atoms with Gasteiger partial charge in [0.1, 0.15) is 5.75 Å². The van der Waals surface area contributed by atoms with Crippen LogP contribution in [0, 0.1) is 0 Å². The van der Waals surface area contributed by atoms with E-state index in [1.165, 1.54) is 0 Å². The molecule has 132 valence electrons. The van der Waals surface area contributed by atoms with Crippen molar-refractivity contribution in [1.82, 2.24) is 15.1 Å². The predicted octanol–water partition coefficient (Wildman–Crippen LogP) is 1.89. The number of urea groups is 1. The summed E-state index contributed by atoms with van der Waals surface area (Å²) in [4.78, 5) is 27.5.